The predicted octanol–water partition coefficient (Wildman–Crippen LogP) is 2.06. The van der Waals surface area contributed by atoms with Crippen LogP contribution >= 0.6 is 0 Å². The topological polar surface area (TPSA) is 24.5 Å². The third-order valence-corrected chi connectivity index (χ3v) is 3.38. The van der Waals surface area contributed by atoms with E-state index < -0.39 is 0 Å². The van der Waals surface area contributed by atoms with Crippen LogP contribution in [0.15, 0.2) is 18.2 Å². The Hall–Kier alpha value is -1.22. The first-order valence-electron chi connectivity index (χ1n) is 6.41. The Morgan fingerprint density at radius 2 is 2.06 bits per heavy atom. The second-order valence-corrected chi connectivity index (χ2v) is 4.54. The molecule has 1 N–H and O–H groups in total. The summed E-state index contributed by atoms with van der Waals surface area (Å²) in [6, 6.07) is 6.44. The Morgan fingerprint density at radius 3 is 2.71 bits per heavy atom. The van der Waals surface area contributed by atoms with E-state index in [9.17, 15) is 0 Å². The lowest BCUT2D eigenvalue weighted by molar-refractivity contribution is 0.414. The van der Waals surface area contributed by atoms with Gasteiger partial charge in [0.1, 0.15) is 5.75 Å². The van der Waals surface area contributed by atoms with Gasteiger partial charge >= 0.3 is 0 Å². The quantitative estimate of drug-likeness (QED) is 0.844. The number of benzene rings is 1. The number of ether oxygens (including phenoxy) is 1. The highest BCUT2D eigenvalue weighted by Crippen LogP contribution is 2.28. The van der Waals surface area contributed by atoms with Crippen LogP contribution in [0.1, 0.15) is 18.4 Å². The molecule has 0 saturated carbocycles. The van der Waals surface area contributed by atoms with Gasteiger partial charge in [-0.25, -0.2) is 0 Å². The van der Waals surface area contributed by atoms with E-state index in [2.05, 4.69) is 28.4 Å². The third-order valence-electron chi connectivity index (χ3n) is 3.38. The number of hydrogen-bond donors (Lipinski definition) is 1. The smallest absolute Gasteiger partial charge is 0.119 e. The zero-order valence-corrected chi connectivity index (χ0v) is 10.8. The van der Waals surface area contributed by atoms with Crippen molar-refractivity contribution >= 4 is 5.69 Å². The van der Waals surface area contributed by atoms with Crippen molar-refractivity contribution in [1.29, 1.82) is 0 Å². The van der Waals surface area contributed by atoms with Crippen LogP contribution in [0, 0.1) is 0 Å². The molecule has 2 rings (SSSR count). The van der Waals surface area contributed by atoms with Gasteiger partial charge in [0.15, 0.2) is 0 Å². The number of nitrogens with zero attached hydrogens (tertiary/aromatic N) is 1. The molecule has 94 valence electrons. The molecule has 1 aromatic carbocycles. The van der Waals surface area contributed by atoms with E-state index in [1.165, 1.54) is 37.2 Å². The van der Waals surface area contributed by atoms with Crippen molar-refractivity contribution in [3.8, 4) is 5.75 Å². The molecule has 1 fully saturated rings. The maximum atomic E-state index is 5.31. The molecular formula is C14H22N2O. The van der Waals surface area contributed by atoms with Crippen LogP contribution in [0.2, 0.25) is 0 Å². The van der Waals surface area contributed by atoms with Crippen molar-refractivity contribution in [2.75, 3.05) is 38.7 Å². The van der Waals surface area contributed by atoms with E-state index >= 15 is 0 Å². The number of likely N-dealkylation sites (N-methyl/N-ethyl adjacent to an activating group) is 1. The average molecular weight is 234 g/mol. The van der Waals surface area contributed by atoms with Gasteiger partial charge in [-0.15, -0.1) is 0 Å². The summed E-state index contributed by atoms with van der Waals surface area (Å²) in [5.41, 5.74) is 2.78. The third kappa shape index (κ3) is 2.91. The molecule has 1 aromatic rings. The van der Waals surface area contributed by atoms with E-state index in [1.54, 1.807) is 7.11 Å². The summed E-state index contributed by atoms with van der Waals surface area (Å²) in [7, 11) is 3.72. The molecule has 17 heavy (non-hydrogen) atoms. The summed E-state index contributed by atoms with van der Waals surface area (Å²) in [5.74, 6) is 0.957. The first kappa shape index (κ1) is 12.2. The summed E-state index contributed by atoms with van der Waals surface area (Å²) < 4.78 is 5.31. The average Bonchev–Trinajstić information content (AvgIpc) is 2.89. The fraction of sp³-hybridized carbons (Fsp3) is 0.571. The molecule has 0 bridgehead atoms. The van der Waals surface area contributed by atoms with Gasteiger partial charge in [-0.2, -0.15) is 0 Å². The van der Waals surface area contributed by atoms with Gasteiger partial charge in [0.25, 0.3) is 0 Å². The molecule has 1 saturated heterocycles. The molecule has 0 spiro atoms. The van der Waals surface area contributed by atoms with Gasteiger partial charge in [-0.3, -0.25) is 0 Å². The van der Waals surface area contributed by atoms with E-state index in [4.69, 9.17) is 4.74 Å². The van der Waals surface area contributed by atoms with Gasteiger partial charge in [0.05, 0.1) is 7.11 Å². The molecule has 1 aliphatic rings. The molecule has 0 amide bonds. The Labute approximate surface area is 104 Å². The summed E-state index contributed by atoms with van der Waals surface area (Å²) in [6.07, 6.45) is 3.69. The van der Waals surface area contributed by atoms with E-state index in [0.717, 1.165) is 18.7 Å². The molecule has 1 heterocycles. The van der Waals surface area contributed by atoms with Crippen molar-refractivity contribution in [2.45, 2.75) is 19.3 Å². The van der Waals surface area contributed by atoms with Crippen molar-refractivity contribution in [2.24, 2.45) is 0 Å². The minimum atomic E-state index is 0.957. The largest absolute Gasteiger partial charge is 0.497 e. The molecule has 0 aromatic heterocycles. The standard InChI is InChI=1S/C14H22N2O/c1-15-8-7-12-11-13(17-2)5-6-14(12)16-9-3-4-10-16/h5-6,11,15H,3-4,7-10H2,1-2H3. The molecule has 3 nitrogen and oxygen atoms in total. The van der Waals surface area contributed by atoms with Gasteiger partial charge in [0.2, 0.25) is 0 Å². The lowest BCUT2D eigenvalue weighted by atomic mass is 10.1. The highest BCUT2D eigenvalue weighted by atomic mass is 16.5. The van der Waals surface area contributed by atoms with Crippen LogP contribution in [-0.4, -0.2) is 33.8 Å². The minimum absolute atomic E-state index is 0.957. The normalized spacial score (nSPS) is 15.3. The fourth-order valence-electron chi connectivity index (χ4n) is 2.42. The zero-order chi connectivity index (χ0) is 12.1. The lowest BCUT2D eigenvalue weighted by Crippen LogP contribution is -2.20. The van der Waals surface area contributed by atoms with Gasteiger partial charge in [-0.1, -0.05) is 0 Å². The second-order valence-electron chi connectivity index (χ2n) is 4.54. The lowest BCUT2D eigenvalue weighted by Gasteiger charge is -2.22. The van der Waals surface area contributed by atoms with Crippen molar-refractivity contribution < 1.29 is 4.74 Å². The fourth-order valence-corrected chi connectivity index (χ4v) is 2.42. The van der Waals surface area contributed by atoms with Crippen LogP contribution in [0.3, 0.4) is 0 Å². The number of hydrogen-bond acceptors (Lipinski definition) is 3. The molecule has 0 unspecified atom stereocenters. The van der Waals surface area contributed by atoms with E-state index in [1.807, 2.05) is 7.05 Å². The first-order valence-corrected chi connectivity index (χ1v) is 6.41. The van der Waals surface area contributed by atoms with Crippen LogP contribution in [0.5, 0.6) is 5.75 Å². The van der Waals surface area contributed by atoms with Crippen molar-refractivity contribution in [1.82, 2.24) is 5.32 Å². The number of methoxy groups -OCH3 is 1. The van der Waals surface area contributed by atoms with Gasteiger partial charge in [-0.05, 0) is 56.6 Å². The van der Waals surface area contributed by atoms with E-state index in [-0.39, 0.29) is 0 Å². The first-order chi connectivity index (χ1) is 8.35. The van der Waals surface area contributed by atoms with Crippen molar-refractivity contribution in [3.63, 3.8) is 0 Å². The van der Waals surface area contributed by atoms with Crippen LogP contribution in [0.4, 0.5) is 5.69 Å². The van der Waals surface area contributed by atoms with Crippen LogP contribution in [0.25, 0.3) is 0 Å². The highest BCUT2D eigenvalue weighted by molar-refractivity contribution is 5.57. The molecule has 0 atom stereocenters. The molecule has 0 radical (unpaired) electrons. The van der Waals surface area contributed by atoms with Gasteiger partial charge < -0.3 is 15.0 Å². The summed E-state index contributed by atoms with van der Waals surface area (Å²) in [5, 5.41) is 3.21. The van der Waals surface area contributed by atoms with Crippen molar-refractivity contribution in [3.05, 3.63) is 23.8 Å². The maximum absolute atomic E-state index is 5.31. The van der Waals surface area contributed by atoms with Gasteiger partial charge in [0, 0.05) is 18.8 Å². The van der Waals surface area contributed by atoms with Crippen LogP contribution in [-0.2, 0) is 6.42 Å². The Morgan fingerprint density at radius 1 is 1.29 bits per heavy atom. The Balaban J connectivity index is 2.21. The zero-order valence-electron chi connectivity index (χ0n) is 10.8. The molecule has 1 aliphatic heterocycles. The number of rotatable bonds is 5. The monoisotopic (exact) mass is 234 g/mol. The second kappa shape index (κ2) is 5.92. The Kier molecular flexibility index (Phi) is 4.26. The summed E-state index contributed by atoms with van der Waals surface area (Å²) >= 11 is 0. The van der Waals surface area contributed by atoms with Crippen LogP contribution < -0.4 is 15.0 Å². The maximum Gasteiger partial charge on any atom is 0.119 e. The SMILES string of the molecule is CNCCc1cc(OC)ccc1N1CCCC1. The van der Waals surface area contributed by atoms with E-state index in [0.29, 0.717) is 0 Å². The molecule has 3 heteroatoms. The minimum Gasteiger partial charge on any atom is -0.497 e. The number of nitrogens with one attached hydrogen (secondary N) is 1. The highest BCUT2D eigenvalue weighted by Gasteiger charge is 2.15. The summed E-state index contributed by atoms with van der Waals surface area (Å²) in [4.78, 5) is 2.49. The Bertz CT molecular complexity index is 359. The summed E-state index contributed by atoms with van der Waals surface area (Å²) in [6.45, 7) is 3.39. The molecule has 0 aliphatic carbocycles. The predicted molar refractivity (Wildman–Crippen MR) is 72.1 cm³/mol. The number of anilines is 1. The molecular weight excluding hydrogens is 212 g/mol.